The molecule has 1 aliphatic heterocycles. The molecule has 3 aromatic rings. The van der Waals surface area contributed by atoms with Crippen LogP contribution in [-0.2, 0) is 12.0 Å². The number of benzene rings is 1. The summed E-state index contributed by atoms with van der Waals surface area (Å²) in [6, 6.07) is 5.43. The highest BCUT2D eigenvalue weighted by molar-refractivity contribution is 7.13. The Hall–Kier alpha value is -3.79. The summed E-state index contributed by atoms with van der Waals surface area (Å²) in [6.45, 7) is 8.73. The van der Waals surface area contributed by atoms with Crippen molar-refractivity contribution in [2.45, 2.75) is 39.7 Å². The summed E-state index contributed by atoms with van der Waals surface area (Å²) in [5.74, 6) is 0.631. The van der Waals surface area contributed by atoms with Crippen LogP contribution < -0.4 is 14.8 Å². The summed E-state index contributed by atoms with van der Waals surface area (Å²) in [5.41, 5.74) is 3.16. The molecule has 0 saturated heterocycles. The number of ether oxygens (including phenoxy) is 2. The van der Waals surface area contributed by atoms with Gasteiger partial charge in [-0.1, -0.05) is 20.8 Å². The number of nitrogens with zero attached hydrogens (tertiary/aromatic N) is 3. The van der Waals surface area contributed by atoms with Crippen molar-refractivity contribution in [3.8, 4) is 22.1 Å². The van der Waals surface area contributed by atoms with E-state index in [1.165, 1.54) is 18.4 Å². The topological polar surface area (TPSA) is 118 Å². The van der Waals surface area contributed by atoms with E-state index >= 15 is 0 Å². The zero-order chi connectivity index (χ0) is 26.9. The number of nitrogens with one attached hydrogen (secondary N) is 2. The van der Waals surface area contributed by atoms with E-state index in [0.29, 0.717) is 35.9 Å². The van der Waals surface area contributed by atoms with Gasteiger partial charge in [0.2, 0.25) is 0 Å². The third kappa shape index (κ3) is 5.06. The Morgan fingerprint density at radius 3 is 2.59 bits per heavy atom. The van der Waals surface area contributed by atoms with Crippen molar-refractivity contribution in [2.24, 2.45) is 0 Å². The van der Waals surface area contributed by atoms with E-state index in [-0.39, 0.29) is 29.3 Å². The van der Waals surface area contributed by atoms with Crippen LogP contribution in [0.1, 0.15) is 65.4 Å². The molecule has 0 aliphatic carbocycles. The van der Waals surface area contributed by atoms with Crippen LogP contribution >= 0.6 is 11.3 Å². The highest BCUT2D eigenvalue weighted by atomic mass is 32.1. The molecule has 0 bridgehead atoms. The number of pyridine rings is 1. The molecule has 3 heterocycles. The molecule has 10 heteroatoms. The molecule has 0 saturated carbocycles. The van der Waals surface area contributed by atoms with Gasteiger partial charge < -0.3 is 19.7 Å². The van der Waals surface area contributed by atoms with Crippen molar-refractivity contribution >= 4 is 28.9 Å². The maximum atomic E-state index is 13.6. The maximum absolute atomic E-state index is 13.6. The largest absolute Gasteiger partial charge is 0.496 e. The Bertz CT molecular complexity index is 1360. The third-order valence-electron chi connectivity index (χ3n) is 6.13. The number of hydrogen-bond acceptors (Lipinski definition) is 8. The second-order valence-corrected chi connectivity index (χ2v) is 10.6. The highest BCUT2D eigenvalue weighted by Crippen LogP contribution is 2.41. The van der Waals surface area contributed by atoms with Gasteiger partial charge in [0.15, 0.2) is 17.2 Å². The number of Topliss-reactive ketones (excluding diaryl/α,β-unsaturated/α-hetero) is 1. The number of hydrogen-bond donors (Lipinski definition) is 2. The van der Waals surface area contributed by atoms with Gasteiger partial charge in [0, 0.05) is 41.9 Å². The van der Waals surface area contributed by atoms with E-state index in [2.05, 4.69) is 36.1 Å². The predicted molar refractivity (Wildman–Crippen MR) is 143 cm³/mol. The fourth-order valence-electron chi connectivity index (χ4n) is 4.32. The van der Waals surface area contributed by atoms with Gasteiger partial charge in [-0.25, -0.2) is 9.97 Å². The van der Waals surface area contributed by atoms with Gasteiger partial charge in [-0.05, 0) is 30.5 Å². The number of fused-ring (bicyclic) bond motifs is 1. The molecule has 9 nitrogen and oxygen atoms in total. The minimum Gasteiger partial charge on any atom is -0.496 e. The molecule has 0 radical (unpaired) electrons. The van der Waals surface area contributed by atoms with Crippen LogP contribution in [0.4, 0.5) is 0 Å². The molecule has 0 atom stereocenters. The first-order valence-electron chi connectivity index (χ1n) is 12.0. The zero-order valence-corrected chi connectivity index (χ0v) is 22.7. The molecule has 1 amide bonds. The first-order chi connectivity index (χ1) is 17.6. The molecule has 1 aromatic carbocycles. The van der Waals surface area contributed by atoms with Gasteiger partial charge in [-0.3, -0.25) is 15.0 Å². The number of amides is 1. The van der Waals surface area contributed by atoms with Crippen LogP contribution in [0.2, 0.25) is 0 Å². The number of aromatic nitrogens is 2. The fraction of sp³-hybridized carbons (Fsp3) is 0.370. The van der Waals surface area contributed by atoms with Crippen LogP contribution in [0, 0.1) is 5.41 Å². The SMILES string of the molecule is CCOc1cc2c(nc1C(=O)NC)C(=N)N(CC(=O)c1cc(-c3nccs3)c(OC)c(C(C)(C)C)c1)C2. The molecular weight excluding hydrogens is 490 g/mol. The average molecular weight is 522 g/mol. The lowest BCUT2D eigenvalue weighted by Gasteiger charge is -2.25. The van der Waals surface area contributed by atoms with E-state index < -0.39 is 5.91 Å². The van der Waals surface area contributed by atoms with Crippen LogP contribution in [0.3, 0.4) is 0 Å². The molecule has 2 N–H and O–H groups in total. The summed E-state index contributed by atoms with van der Waals surface area (Å²) in [6.07, 6.45) is 1.73. The molecule has 0 unspecified atom stereocenters. The lowest BCUT2D eigenvalue weighted by atomic mass is 9.83. The van der Waals surface area contributed by atoms with Crippen molar-refractivity contribution in [3.05, 3.63) is 57.9 Å². The predicted octanol–water partition coefficient (Wildman–Crippen LogP) is 4.29. The Labute approximate surface area is 220 Å². The number of methoxy groups -OCH3 is 1. The molecule has 37 heavy (non-hydrogen) atoms. The third-order valence-corrected chi connectivity index (χ3v) is 6.94. The van der Waals surface area contributed by atoms with Gasteiger partial charge in [0.1, 0.15) is 22.3 Å². The van der Waals surface area contributed by atoms with E-state index in [0.717, 1.165) is 21.7 Å². The second-order valence-electron chi connectivity index (χ2n) is 9.67. The first-order valence-corrected chi connectivity index (χ1v) is 12.8. The number of rotatable bonds is 8. The normalized spacial score (nSPS) is 12.9. The smallest absolute Gasteiger partial charge is 0.273 e. The van der Waals surface area contributed by atoms with Gasteiger partial charge >= 0.3 is 0 Å². The fourth-order valence-corrected chi connectivity index (χ4v) is 4.97. The van der Waals surface area contributed by atoms with Gasteiger partial charge in [-0.15, -0.1) is 11.3 Å². The van der Waals surface area contributed by atoms with E-state index in [4.69, 9.17) is 14.9 Å². The molecule has 0 fully saturated rings. The molecule has 2 aromatic heterocycles. The van der Waals surface area contributed by atoms with E-state index in [1.807, 2.05) is 24.4 Å². The van der Waals surface area contributed by atoms with Crippen LogP contribution in [-0.4, -0.2) is 59.7 Å². The van der Waals surface area contributed by atoms with Crippen molar-refractivity contribution < 1.29 is 19.1 Å². The summed E-state index contributed by atoms with van der Waals surface area (Å²) in [5, 5.41) is 13.9. The lowest BCUT2D eigenvalue weighted by molar-refractivity contribution is 0.0949. The maximum Gasteiger partial charge on any atom is 0.273 e. The molecule has 4 rings (SSSR count). The molecular formula is C27H31N5O4S. The number of ketones is 1. The number of thiazole rings is 1. The van der Waals surface area contributed by atoms with E-state index in [9.17, 15) is 9.59 Å². The first kappa shape index (κ1) is 26.3. The van der Waals surface area contributed by atoms with Crippen molar-refractivity contribution in [1.29, 1.82) is 5.41 Å². The number of amidine groups is 1. The summed E-state index contributed by atoms with van der Waals surface area (Å²) in [4.78, 5) is 36.5. The monoisotopic (exact) mass is 521 g/mol. The number of carbonyl (C=O) groups excluding carboxylic acids is 2. The van der Waals surface area contributed by atoms with Crippen molar-refractivity contribution in [2.75, 3.05) is 27.3 Å². The number of carbonyl (C=O) groups is 2. The molecule has 194 valence electrons. The summed E-state index contributed by atoms with van der Waals surface area (Å²) in [7, 11) is 3.15. The van der Waals surface area contributed by atoms with Crippen molar-refractivity contribution in [3.63, 3.8) is 0 Å². The van der Waals surface area contributed by atoms with E-state index in [1.54, 1.807) is 24.3 Å². The second kappa shape index (κ2) is 10.3. The Morgan fingerprint density at radius 2 is 2.00 bits per heavy atom. The lowest BCUT2D eigenvalue weighted by Crippen LogP contribution is -2.31. The highest BCUT2D eigenvalue weighted by Gasteiger charge is 2.32. The Morgan fingerprint density at radius 1 is 1.24 bits per heavy atom. The Balaban J connectivity index is 1.68. The quantitative estimate of drug-likeness (QED) is 0.425. The minimum absolute atomic E-state index is 0.0122. The summed E-state index contributed by atoms with van der Waals surface area (Å²) < 4.78 is 11.4. The van der Waals surface area contributed by atoms with Crippen molar-refractivity contribution in [1.82, 2.24) is 20.2 Å². The van der Waals surface area contributed by atoms with Gasteiger partial charge in [0.25, 0.3) is 5.91 Å². The van der Waals surface area contributed by atoms with Gasteiger partial charge in [0.05, 0.1) is 25.8 Å². The standard InChI is InChI=1S/C27H31N5O4S/c1-7-36-20-12-16-13-32(24(28)21(16)31-22(20)25(34)29-5)14-19(33)15-10-17(26-30-8-9-37-26)23(35-6)18(11-15)27(2,3)4/h8-12,28H,7,13-14H2,1-6H3,(H,29,34). The van der Waals surface area contributed by atoms with Crippen LogP contribution in [0.5, 0.6) is 11.5 Å². The minimum atomic E-state index is -0.392. The van der Waals surface area contributed by atoms with Crippen LogP contribution in [0.15, 0.2) is 29.8 Å². The van der Waals surface area contributed by atoms with Gasteiger partial charge in [-0.2, -0.15) is 0 Å². The molecule has 0 spiro atoms. The van der Waals surface area contributed by atoms with Crippen LogP contribution in [0.25, 0.3) is 10.6 Å². The molecule has 1 aliphatic rings. The summed E-state index contributed by atoms with van der Waals surface area (Å²) >= 11 is 1.48. The Kier molecular flexibility index (Phi) is 7.31. The average Bonchev–Trinajstić information content (AvgIpc) is 3.50. The zero-order valence-electron chi connectivity index (χ0n) is 21.9.